The molecule has 118 valence electrons. The van der Waals surface area contributed by atoms with E-state index >= 15 is 0 Å². The number of nitrogens with one attached hydrogen (secondary N) is 1. The molecule has 2 rings (SSSR count). The SMILES string of the molecule is O=S(=O)(Cc1ccc(F)cc1)NOCCOc1ccccc1. The lowest BCUT2D eigenvalue weighted by Crippen LogP contribution is -2.27. The smallest absolute Gasteiger partial charge is 0.237 e. The number of rotatable bonds is 8. The van der Waals surface area contributed by atoms with Crippen LogP contribution in [0.3, 0.4) is 0 Å². The second kappa shape index (κ2) is 7.88. The van der Waals surface area contributed by atoms with Crippen LogP contribution in [0.25, 0.3) is 0 Å². The molecule has 22 heavy (non-hydrogen) atoms. The molecule has 0 aliphatic heterocycles. The quantitative estimate of drug-likeness (QED) is 0.597. The van der Waals surface area contributed by atoms with Crippen LogP contribution in [0.2, 0.25) is 0 Å². The van der Waals surface area contributed by atoms with Gasteiger partial charge in [0.2, 0.25) is 10.0 Å². The maximum Gasteiger partial charge on any atom is 0.237 e. The molecule has 2 aromatic carbocycles. The number of para-hydroxylation sites is 1. The van der Waals surface area contributed by atoms with Gasteiger partial charge in [0.05, 0.1) is 5.75 Å². The third-order valence-electron chi connectivity index (χ3n) is 2.65. The third kappa shape index (κ3) is 5.80. The Morgan fingerprint density at radius 3 is 2.32 bits per heavy atom. The molecular formula is C15H16FNO4S. The highest BCUT2D eigenvalue weighted by Crippen LogP contribution is 2.08. The zero-order chi connectivity index (χ0) is 15.8. The van der Waals surface area contributed by atoms with Gasteiger partial charge in [0.1, 0.15) is 24.8 Å². The van der Waals surface area contributed by atoms with Crippen LogP contribution >= 0.6 is 0 Å². The number of benzene rings is 2. The van der Waals surface area contributed by atoms with Crippen molar-refractivity contribution in [1.82, 2.24) is 4.89 Å². The average Bonchev–Trinajstić information content (AvgIpc) is 2.50. The fourth-order valence-electron chi connectivity index (χ4n) is 1.68. The molecule has 5 nitrogen and oxygen atoms in total. The molecule has 0 aliphatic rings. The molecule has 0 unspecified atom stereocenters. The van der Waals surface area contributed by atoms with Crippen molar-refractivity contribution in [2.75, 3.05) is 13.2 Å². The summed E-state index contributed by atoms with van der Waals surface area (Å²) in [5, 5.41) is 0. The van der Waals surface area contributed by atoms with Gasteiger partial charge in [-0.1, -0.05) is 35.2 Å². The normalized spacial score (nSPS) is 11.3. The Kier molecular flexibility index (Phi) is 5.88. The molecule has 0 aliphatic carbocycles. The predicted molar refractivity (Wildman–Crippen MR) is 80.0 cm³/mol. The average molecular weight is 325 g/mol. The van der Waals surface area contributed by atoms with Crippen molar-refractivity contribution in [2.45, 2.75) is 5.75 Å². The van der Waals surface area contributed by atoms with E-state index in [1.807, 2.05) is 23.1 Å². The number of halogens is 1. The van der Waals surface area contributed by atoms with Crippen molar-refractivity contribution in [2.24, 2.45) is 0 Å². The molecule has 0 saturated heterocycles. The van der Waals surface area contributed by atoms with Gasteiger partial charge >= 0.3 is 0 Å². The highest BCUT2D eigenvalue weighted by atomic mass is 32.2. The van der Waals surface area contributed by atoms with Gasteiger partial charge in [0, 0.05) is 0 Å². The lowest BCUT2D eigenvalue weighted by molar-refractivity contribution is 0.0665. The topological polar surface area (TPSA) is 64.6 Å². The molecule has 0 heterocycles. The van der Waals surface area contributed by atoms with Gasteiger partial charge in [-0.3, -0.25) is 4.84 Å². The van der Waals surface area contributed by atoms with E-state index in [0.717, 1.165) is 0 Å². The van der Waals surface area contributed by atoms with Crippen LogP contribution in [0.4, 0.5) is 4.39 Å². The van der Waals surface area contributed by atoms with E-state index in [4.69, 9.17) is 9.57 Å². The Labute approximate surface area is 128 Å². The summed E-state index contributed by atoms with van der Waals surface area (Å²) in [5.41, 5.74) is 0.470. The summed E-state index contributed by atoms with van der Waals surface area (Å²) in [5.74, 6) is -0.0176. The predicted octanol–water partition coefficient (Wildman–Crippen LogP) is 2.26. The summed E-state index contributed by atoms with van der Waals surface area (Å²) in [7, 11) is -3.64. The highest BCUT2D eigenvalue weighted by Gasteiger charge is 2.11. The number of hydrogen-bond donors (Lipinski definition) is 1. The van der Waals surface area contributed by atoms with Crippen LogP contribution in [-0.4, -0.2) is 21.6 Å². The lowest BCUT2D eigenvalue weighted by Gasteiger charge is -2.08. The Balaban J connectivity index is 1.70. The zero-order valence-corrected chi connectivity index (χ0v) is 12.6. The van der Waals surface area contributed by atoms with Crippen molar-refractivity contribution in [1.29, 1.82) is 0 Å². The molecule has 0 spiro atoms. The van der Waals surface area contributed by atoms with Crippen molar-refractivity contribution in [3.05, 3.63) is 66.0 Å². The van der Waals surface area contributed by atoms with E-state index in [9.17, 15) is 12.8 Å². The first-order chi connectivity index (χ1) is 10.6. The maximum atomic E-state index is 12.7. The third-order valence-corrected chi connectivity index (χ3v) is 3.74. The van der Waals surface area contributed by atoms with Crippen LogP contribution in [-0.2, 0) is 20.6 Å². The Morgan fingerprint density at radius 2 is 1.64 bits per heavy atom. The zero-order valence-electron chi connectivity index (χ0n) is 11.7. The minimum Gasteiger partial charge on any atom is -0.491 e. The van der Waals surface area contributed by atoms with Crippen LogP contribution < -0.4 is 9.62 Å². The molecule has 0 radical (unpaired) electrons. The first-order valence-electron chi connectivity index (χ1n) is 6.59. The highest BCUT2D eigenvalue weighted by molar-refractivity contribution is 7.88. The van der Waals surface area contributed by atoms with Crippen molar-refractivity contribution in [3.63, 3.8) is 0 Å². The lowest BCUT2D eigenvalue weighted by atomic mass is 10.2. The van der Waals surface area contributed by atoms with Gasteiger partial charge in [0.25, 0.3) is 0 Å². The van der Waals surface area contributed by atoms with E-state index < -0.39 is 15.8 Å². The molecule has 1 N–H and O–H groups in total. The summed E-state index contributed by atoms with van der Waals surface area (Å²) in [6.07, 6.45) is 0. The minimum absolute atomic E-state index is 0.0670. The van der Waals surface area contributed by atoms with Gasteiger partial charge in [-0.15, -0.1) is 0 Å². The Hall–Kier alpha value is -1.96. The van der Waals surface area contributed by atoms with E-state index in [2.05, 4.69) is 0 Å². The summed E-state index contributed by atoms with van der Waals surface area (Å²) in [6, 6.07) is 14.4. The summed E-state index contributed by atoms with van der Waals surface area (Å²) >= 11 is 0. The minimum atomic E-state index is -3.64. The first kappa shape index (κ1) is 16.4. The first-order valence-corrected chi connectivity index (χ1v) is 8.24. The number of hydrogen-bond acceptors (Lipinski definition) is 4. The maximum absolute atomic E-state index is 12.7. The number of sulfonamides is 1. The van der Waals surface area contributed by atoms with E-state index in [0.29, 0.717) is 11.3 Å². The molecule has 0 amide bonds. The second-order valence-corrected chi connectivity index (χ2v) is 6.16. The molecule has 0 saturated carbocycles. The van der Waals surface area contributed by atoms with Crippen molar-refractivity contribution < 1.29 is 22.4 Å². The van der Waals surface area contributed by atoms with Crippen LogP contribution in [0.1, 0.15) is 5.56 Å². The fraction of sp³-hybridized carbons (Fsp3) is 0.200. The van der Waals surface area contributed by atoms with Gasteiger partial charge in [-0.05, 0) is 29.8 Å². The molecule has 0 fully saturated rings. The largest absolute Gasteiger partial charge is 0.491 e. The number of ether oxygens (including phenoxy) is 1. The Morgan fingerprint density at radius 1 is 0.955 bits per heavy atom. The van der Waals surface area contributed by atoms with Gasteiger partial charge in [0.15, 0.2) is 0 Å². The van der Waals surface area contributed by atoms with E-state index in [-0.39, 0.29) is 19.0 Å². The standard InChI is InChI=1S/C15H16FNO4S/c16-14-8-6-13(7-9-14)12-22(18,19)17-21-11-10-20-15-4-2-1-3-5-15/h1-9,17H,10-12H2. The summed E-state index contributed by atoms with van der Waals surface area (Å²) in [4.78, 5) is 6.89. The van der Waals surface area contributed by atoms with Crippen LogP contribution in [0.5, 0.6) is 5.75 Å². The Bertz CT molecular complexity index is 674. The monoisotopic (exact) mass is 325 g/mol. The van der Waals surface area contributed by atoms with Gasteiger partial charge in [-0.25, -0.2) is 12.8 Å². The van der Waals surface area contributed by atoms with Crippen molar-refractivity contribution in [3.8, 4) is 5.75 Å². The second-order valence-electron chi connectivity index (χ2n) is 4.48. The summed E-state index contributed by atoms with van der Waals surface area (Å²) in [6.45, 7) is 0.278. The van der Waals surface area contributed by atoms with Crippen LogP contribution in [0.15, 0.2) is 54.6 Å². The fourth-order valence-corrected chi connectivity index (χ4v) is 2.63. The van der Waals surface area contributed by atoms with Gasteiger partial charge in [-0.2, -0.15) is 0 Å². The molecular weight excluding hydrogens is 309 g/mol. The van der Waals surface area contributed by atoms with Gasteiger partial charge < -0.3 is 4.74 Å². The van der Waals surface area contributed by atoms with E-state index in [1.165, 1.54) is 24.3 Å². The molecule has 7 heteroatoms. The van der Waals surface area contributed by atoms with Crippen molar-refractivity contribution >= 4 is 10.0 Å². The molecule has 0 atom stereocenters. The summed E-state index contributed by atoms with van der Waals surface area (Å²) < 4.78 is 41.6. The van der Waals surface area contributed by atoms with Crippen LogP contribution in [0, 0.1) is 5.82 Å². The van der Waals surface area contributed by atoms with E-state index in [1.54, 1.807) is 12.1 Å². The molecule has 2 aromatic rings. The molecule has 0 aromatic heterocycles. The molecule has 0 bridgehead atoms.